The van der Waals surface area contributed by atoms with E-state index in [9.17, 15) is 0 Å². The summed E-state index contributed by atoms with van der Waals surface area (Å²) in [6.45, 7) is 7.04. The SMILES string of the molecule is CC1CN(C)CCN1CCS. The van der Waals surface area contributed by atoms with Crippen LogP contribution in [-0.2, 0) is 0 Å². The Bertz CT molecular complexity index is 119. The van der Waals surface area contributed by atoms with Crippen molar-refractivity contribution in [2.45, 2.75) is 13.0 Å². The lowest BCUT2D eigenvalue weighted by molar-refractivity contribution is 0.107. The molecule has 1 unspecified atom stereocenters. The van der Waals surface area contributed by atoms with Crippen molar-refractivity contribution in [3.63, 3.8) is 0 Å². The Balaban J connectivity index is 2.31. The van der Waals surface area contributed by atoms with Crippen molar-refractivity contribution in [3.05, 3.63) is 0 Å². The van der Waals surface area contributed by atoms with Crippen LogP contribution in [0.25, 0.3) is 0 Å². The van der Waals surface area contributed by atoms with Crippen LogP contribution in [0.4, 0.5) is 0 Å². The normalized spacial score (nSPS) is 29.2. The van der Waals surface area contributed by atoms with Crippen LogP contribution in [0.15, 0.2) is 0 Å². The molecule has 1 saturated heterocycles. The van der Waals surface area contributed by atoms with Crippen LogP contribution >= 0.6 is 12.6 Å². The van der Waals surface area contributed by atoms with E-state index < -0.39 is 0 Å². The number of rotatable bonds is 2. The molecule has 3 heteroatoms. The fourth-order valence-electron chi connectivity index (χ4n) is 1.64. The Labute approximate surface area is 75.0 Å². The summed E-state index contributed by atoms with van der Waals surface area (Å²) in [5.74, 6) is 0.980. The van der Waals surface area contributed by atoms with Gasteiger partial charge in [-0.25, -0.2) is 0 Å². The summed E-state index contributed by atoms with van der Waals surface area (Å²) in [4.78, 5) is 4.90. The molecule has 0 spiro atoms. The van der Waals surface area contributed by atoms with Crippen molar-refractivity contribution >= 4 is 12.6 Å². The largest absolute Gasteiger partial charge is 0.304 e. The van der Waals surface area contributed by atoms with Crippen molar-refractivity contribution in [2.75, 3.05) is 39.0 Å². The molecule has 11 heavy (non-hydrogen) atoms. The van der Waals surface area contributed by atoms with Crippen molar-refractivity contribution < 1.29 is 0 Å². The number of nitrogens with zero attached hydrogens (tertiary/aromatic N) is 2. The molecule has 0 saturated carbocycles. The highest BCUT2D eigenvalue weighted by Gasteiger charge is 2.19. The van der Waals surface area contributed by atoms with Gasteiger partial charge >= 0.3 is 0 Å². The van der Waals surface area contributed by atoms with Crippen LogP contribution in [0.2, 0.25) is 0 Å². The predicted octanol–water partition coefficient (Wildman–Crippen LogP) is 0.552. The van der Waals surface area contributed by atoms with Crippen molar-refractivity contribution in [1.82, 2.24) is 9.80 Å². The molecule has 0 aromatic carbocycles. The number of piperazine rings is 1. The van der Waals surface area contributed by atoms with Gasteiger partial charge in [-0.3, -0.25) is 4.90 Å². The minimum Gasteiger partial charge on any atom is -0.304 e. The van der Waals surface area contributed by atoms with E-state index in [0.29, 0.717) is 6.04 Å². The lowest BCUT2D eigenvalue weighted by atomic mass is 10.2. The van der Waals surface area contributed by atoms with Crippen molar-refractivity contribution in [1.29, 1.82) is 0 Å². The Morgan fingerprint density at radius 1 is 1.45 bits per heavy atom. The topological polar surface area (TPSA) is 6.48 Å². The van der Waals surface area contributed by atoms with E-state index in [0.717, 1.165) is 12.3 Å². The first-order valence-electron chi connectivity index (χ1n) is 4.27. The van der Waals surface area contributed by atoms with Gasteiger partial charge in [0.05, 0.1) is 0 Å². The van der Waals surface area contributed by atoms with E-state index in [4.69, 9.17) is 0 Å². The Hall–Kier alpha value is 0.270. The highest BCUT2D eigenvalue weighted by Crippen LogP contribution is 2.06. The molecule has 1 aliphatic heterocycles. The molecule has 0 aliphatic carbocycles. The molecule has 0 bridgehead atoms. The molecule has 66 valence electrons. The molecule has 2 nitrogen and oxygen atoms in total. The van der Waals surface area contributed by atoms with Gasteiger partial charge in [0.1, 0.15) is 0 Å². The second kappa shape index (κ2) is 4.33. The predicted molar refractivity (Wildman–Crippen MR) is 52.4 cm³/mol. The quantitative estimate of drug-likeness (QED) is 0.611. The van der Waals surface area contributed by atoms with E-state index in [1.165, 1.54) is 19.6 Å². The summed E-state index contributed by atoms with van der Waals surface area (Å²) in [6.07, 6.45) is 0. The summed E-state index contributed by atoms with van der Waals surface area (Å²) in [6, 6.07) is 0.709. The van der Waals surface area contributed by atoms with Crippen LogP contribution < -0.4 is 0 Å². The van der Waals surface area contributed by atoms with Crippen LogP contribution in [0.1, 0.15) is 6.92 Å². The monoisotopic (exact) mass is 174 g/mol. The third-order valence-electron chi connectivity index (χ3n) is 2.36. The number of thiol groups is 1. The molecule has 1 fully saturated rings. The van der Waals surface area contributed by atoms with E-state index in [2.05, 4.69) is 36.4 Å². The molecule has 0 amide bonds. The first-order valence-corrected chi connectivity index (χ1v) is 4.90. The Morgan fingerprint density at radius 2 is 2.18 bits per heavy atom. The molecule has 1 atom stereocenters. The minimum absolute atomic E-state index is 0.709. The van der Waals surface area contributed by atoms with Crippen LogP contribution in [0.5, 0.6) is 0 Å². The first-order chi connectivity index (χ1) is 5.24. The zero-order valence-corrected chi connectivity index (χ0v) is 8.35. The van der Waals surface area contributed by atoms with Gasteiger partial charge in [-0.1, -0.05) is 0 Å². The van der Waals surface area contributed by atoms with Crippen molar-refractivity contribution in [2.24, 2.45) is 0 Å². The molecule has 1 rings (SSSR count). The molecule has 0 radical (unpaired) electrons. The average molecular weight is 174 g/mol. The van der Waals surface area contributed by atoms with Crippen LogP contribution in [0, 0.1) is 0 Å². The fourth-order valence-corrected chi connectivity index (χ4v) is 1.89. The van der Waals surface area contributed by atoms with Gasteiger partial charge in [0.2, 0.25) is 0 Å². The molecular weight excluding hydrogens is 156 g/mol. The third kappa shape index (κ3) is 2.65. The van der Waals surface area contributed by atoms with Gasteiger partial charge in [0.25, 0.3) is 0 Å². The smallest absolute Gasteiger partial charge is 0.0195 e. The van der Waals surface area contributed by atoms with E-state index in [-0.39, 0.29) is 0 Å². The van der Waals surface area contributed by atoms with Gasteiger partial charge in [-0.05, 0) is 14.0 Å². The zero-order valence-electron chi connectivity index (χ0n) is 7.45. The zero-order chi connectivity index (χ0) is 8.27. The first kappa shape index (κ1) is 9.36. The highest BCUT2D eigenvalue weighted by atomic mass is 32.1. The summed E-state index contributed by atoms with van der Waals surface area (Å²) in [5.41, 5.74) is 0. The summed E-state index contributed by atoms with van der Waals surface area (Å²) in [5, 5.41) is 0. The maximum absolute atomic E-state index is 4.24. The van der Waals surface area contributed by atoms with Gasteiger partial charge in [0, 0.05) is 38.0 Å². The standard InChI is InChI=1S/C8H18N2S/c1-8-7-9(2)3-4-10(8)5-6-11/h8,11H,3-7H2,1-2H3. The maximum atomic E-state index is 4.24. The van der Waals surface area contributed by atoms with Gasteiger partial charge in [-0.15, -0.1) is 0 Å². The van der Waals surface area contributed by atoms with Crippen LogP contribution in [0.3, 0.4) is 0 Å². The molecular formula is C8H18N2S. The lowest BCUT2D eigenvalue weighted by Gasteiger charge is -2.37. The molecule has 0 N–H and O–H groups in total. The number of hydrogen-bond donors (Lipinski definition) is 1. The minimum atomic E-state index is 0.709. The summed E-state index contributed by atoms with van der Waals surface area (Å²) in [7, 11) is 2.19. The lowest BCUT2D eigenvalue weighted by Crippen LogP contribution is -2.50. The Morgan fingerprint density at radius 3 is 2.73 bits per heavy atom. The molecule has 1 aliphatic rings. The summed E-state index contributed by atoms with van der Waals surface area (Å²) >= 11 is 4.24. The number of likely N-dealkylation sites (N-methyl/N-ethyl adjacent to an activating group) is 1. The maximum Gasteiger partial charge on any atom is 0.0195 e. The Kier molecular flexibility index (Phi) is 3.69. The van der Waals surface area contributed by atoms with E-state index in [1.54, 1.807) is 0 Å². The van der Waals surface area contributed by atoms with Crippen molar-refractivity contribution in [3.8, 4) is 0 Å². The van der Waals surface area contributed by atoms with Gasteiger partial charge in [-0.2, -0.15) is 12.6 Å². The van der Waals surface area contributed by atoms with Gasteiger partial charge in [0.15, 0.2) is 0 Å². The average Bonchev–Trinajstić information content (AvgIpc) is 1.95. The number of hydrogen-bond acceptors (Lipinski definition) is 3. The summed E-state index contributed by atoms with van der Waals surface area (Å²) < 4.78 is 0. The molecule has 1 heterocycles. The van der Waals surface area contributed by atoms with Gasteiger partial charge < -0.3 is 4.90 Å². The molecule has 0 aromatic rings. The second-order valence-electron chi connectivity index (χ2n) is 3.37. The fraction of sp³-hybridized carbons (Fsp3) is 1.00. The molecule has 0 aromatic heterocycles. The second-order valence-corrected chi connectivity index (χ2v) is 3.82. The van der Waals surface area contributed by atoms with Crippen LogP contribution in [-0.4, -0.2) is 54.8 Å². The van der Waals surface area contributed by atoms with E-state index in [1.807, 2.05) is 0 Å². The highest BCUT2D eigenvalue weighted by molar-refractivity contribution is 7.80. The van der Waals surface area contributed by atoms with E-state index >= 15 is 0 Å². The third-order valence-corrected chi connectivity index (χ3v) is 2.56.